The van der Waals surface area contributed by atoms with E-state index in [2.05, 4.69) is 10.3 Å². The third kappa shape index (κ3) is 5.84. The first-order valence-corrected chi connectivity index (χ1v) is 10.3. The number of aromatic nitrogens is 2. The monoisotopic (exact) mass is 427 g/mol. The van der Waals surface area contributed by atoms with Gasteiger partial charge in [0.1, 0.15) is 12.3 Å². The highest BCUT2D eigenvalue weighted by Gasteiger charge is 2.11. The highest BCUT2D eigenvalue weighted by Crippen LogP contribution is 2.12. The van der Waals surface area contributed by atoms with Crippen LogP contribution in [0.3, 0.4) is 0 Å². The van der Waals surface area contributed by atoms with Gasteiger partial charge in [-0.2, -0.15) is 0 Å². The van der Waals surface area contributed by atoms with Crippen molar-refractivity contribution in [2.75, 3.05) is 6.54 Å². The smallest absolute Gasteiger partial charge is 0.307 e. The van der Waals surface area contributed by atoms with Crippen LogP contribution in [0.25, 0.3) is 5.65 Å². The molecule has 1 amide bonds. The predicted molar refractivity (Wildman–Crippen MR) is 112 cm³/mol. The van der Waals surface area contributed by atoms with Crippen LogP contribution in [0.1, 0.15) is 40.2 Å². The Morgan fingerprint density at radius 3 is 2.77 bits per heavy atom. The second-order valence-electron chi connectivity index (χ2n) is 6.68. The molecule has 0 aliphatic carbocycles. The van der Waals surface area contributed by atoms with Crippen LogP contribution in [0, 0.1) is 6.92 Å². The quantitative estimate of drug-likeness (QED) is 0.415. The van der Waals surface area contributed by atoms with Crippen molar-refractivity contribution in [1.29, 1.82) is 0 Å². The Balaban J connectivity index is 1.39. The third-order valence-corrected chi connectivity index (χ3v) is 5.18. The minimum absolute atomic E-state index is 0.0175. The standard InChI is InChI=1S/C21H21N3O5S/c1-14-4-6-18-23-15(11-20(27)24(18)12-14)13-29-21(28)8-9-22-19(26)7-5-16(25)17-3-2-10-30-17/h2-4,6,10-12H,5,7-9,13H2,1H3,(H,22,26). The van der Waals surface area contributed by atoms with Gasteiger partial charge in [-0.15, -0.1) is 11.3 Å². The van der Waals surface area contributed by atoms with E-state index in [9.17, 15) is 19.2 Å². The van der Waals surface area contributed by atoms with Crippen LogP contribution in [0.4, 0.5) is 0 Å². The normalized spacial score (nSPS) is 10.7. The lowest BCUT2D eigenvalue weighted by atomic mass is 10.2. The summed E-state index contributed by atoms with van der Waals surface area (Å²) in [5, 5.41) is 4.40. The lowest BCUT2D eigenvalue weighted by Crippen LogP contribution is -2.26. The summed E-state index contributed by atoms with van der Waals surface area (Å²) in [7, 11) is 0. The van der Waals surface area contributed by atoms with Crippen LogP contribution < -0.4 is 10.9 Å². The molecule has 0 spiro atoms. The second-order valence-corrected chi connectivity index (χ2v) is 7.63. The number of carbonyl (C=O) groups is 3. The predicted octanol–water partition coefficient (Wildman–Crippen LogP) is 2.28. The lowest BCUT2D eigenvalue weighted by molar-refractivity contribution is -0.145. The Kier molecular flexibility index (Phi) is 7.08. The number of pyridine rings is 1. The number of nitrogens with zero attached hydrogens (tertiary/aromatic N) is 2. The van der Waals surface area contributed by atoms with Crippen molar-refractivity contribution in [1.82, 2.24) is 14.7 Å². The number of rotatable bonds is 9. The molecule has 0 radical (unpaired) electrons. The molecule has 0 aliphatic rings. The summed E-state index contributed by atoms with van der Waals surface area (Å²) < 4.78 is 6.56. The topological polar surface area (TPSA) is 107 Å². The maximum Gasteiger partial charge on any atom is 0.307 e. The largest absolute Gasteiger partial charge is 0.459 e. The molecule has 9 heteroatoms. The summed E-state index contributed by atoms with van der Waals surface area (Å²) >= 11 is 1.34. The molecule has 0 saturated carbocycles. The number of Topliss-reactive ketones (excluding diaryl/α,β-unsaturated/α-hetero) is 1. The number of hydrogen-bond acceptors (Lipinski definition) is 7. The second kappa shape index (κ2) is 9.93. The van der Waals surface area contributed by atoms with Gasteiger partial charge in [0.25, 0.3) is 5.56 Å². The molecule has 8 nitrogen and oxygen atoms in total. The van der Waals surface area contributed by atoms with E-state index in [0.717, 1.165) is 5.56 Å². The average molecular weight is 427 g/mol. The summed E-state index contributed by atoms with van der Waals surface area (Å²) in [6, 6.07) is 8.40. The van der Waals surface area contributed by atoms with E-state index in [1.54, 1.807) is 24.4 Å². The van der Waals surface area contributed by atoms with E-state index in [-0.39, 0.29) is 49.7 Å². The number of ether oxygens (including phenoxy) is 1. The Hall–Kier alpha value is -3.33. The molecule has 3 aromatic heterocycles. The Bertz CT molecular complexity index is 1120. The maximum absolute atomic E-state index is 12.1. The molecular formula is C21H21N3O5S. The van der Waals surface area contributed by atoms with Crippen LogP contribution in [-0.4, -0.2) is 33.6 Å². The van der Waals surface area contributed by atoms with Gasteiger partial charge in [-0.25, -0.2) is 4.98 Å². The van der Waals surface area contributed by atoms with Crippen molar-refractivity contribution in [2.24, 2.45) is 0 Å². The van der Waals surface area contributed by atoms with Gasteiger partial charge in [0.15, 0.2) is 5.78 Å². The number of esters is 1. The number of fused-ring (bicyclic) bond motifs is 1. The molecular weight excluding hydrogens is 406 g/mol. The summed E-state index contributed by atoms with van der Waals surface area (Å²) in [6.07, 6.45) is 1.86. The van der Waals surface area contributed by atoms with Gasteiger partial charge in [-0.05, 0) is 30.0 Å². The average Bonchev–Trinajstić information content (AvgIpc) is 3.26. The van der Waals surface area contributed by atoms with Gasteiger partial charge >= 0.3 is 5.97 Å². The number of nitrogens with one attached hydrogen (secondary N) is 1. The van der Waals surface area contributed by atoms with E-state index in [1.165, 1.54) is 21.8 Å². The fraction of sp³-hybridized carbons (Fsp3) is 0.286. The zero-order valence-corrected chi connectivity index (χ0v) is 17.2. The number of amides is 1. The van der Waals surface area contributed by atoms with E-state index >= 15 is 0 Å². The van der Waals surface area contributed by atoms with Gasteiger partial charge in [0, 0.05) is 31.6 Å². The molecule has 30 heavy (non-hydrogen) atoms. The summed E-state index contributed by atoms with van der Waals surface area (Å²) in [5.41, 5.74) is 1.51. The SMILES string of the molecule is Cc1ccc2nc(COC(=O)CCNC(=O)CCC(=O)c3cccs3)cc(=O)n2c1. The molecule has 0 fully saturated rings. The third-order valence-electron chi connectivity index (χ3n) is 4.27. The van der Waals surface area contributed by atoms with Crippen LogP contribution in [0.15, 0.2) is 46.7 Å². The molecule has 0 saturated heterocycles. The molecule has 1 N–H and O–H groups in total. The fourth-order valence-corrected chi connectivity index (χ4v) is 3.43. The van der Waals surface area contributed by atoms with Gasteiger partial charge in [-0.1, -0.05) is 12.1 Å². The van der Waals surface area contributed by atoms with Crippen LogP contribution >= 0.6 is 11.3 Å². The summed E-state index contributed by atoms with van der Waals surface area (Å²) in [4.78, 5) is 52.6. The molecule has 0 bridgehead atoms. The summed E-state index contributed by atoms with van der Waals surface area (Å²) in [6.45, 7) is 1.86. The first kappa shape index (κ1) is 21.4. The van der Waals surface area contributed by atoms with Crippen LogP contribution in [0.5, 0.6) is 0 Å². The number of ketones is 1. The first-order chi connectivity index (χ1) is 14.4. The van der Waals surface area contributed by atoms with Gasteiger partial charge < -0.3 is 10.1 Å². The highest BCUT2D eigenvalue weighted by atomic mass is 32.1. The van der Waals surface area contributed by atoms with E-state index in [0.29, 0.717) is 16.2 Å². The van der Waals surface area contributed by atoms with Crippen LogP contribution in [-0.2, 0) is 20.9 Å². The van der Waals surface area contributed by atoms with E-state index in [1.807, 2.05) is 18.4 Å². The molecule has 0 aliphatic heterocycles. The fourth-order valence-electron chi connectivity index (χ4n) is 2.74. The van der Waals surface area contributed by atoms with E-state index < -0.39 is 5.97 Å². The number of carbonyl (C=O) groups excluding carboxylic acids is 3. The van der Waals surface area contributed by atoms with Crippen molar-refractivity contribution in [2.45, 2.75) is 32.8 Å². The molecule has 3 heterocycles. The number of aryl methyl sites for hydroxylation is 1. The minimum atomic E-state index is -0.518. The summed E-state index contributed by atoms with van der Waals surface area (Å²) in [5.74, 6) is -0.892. The number of thiophene rings is 1. The van der Waals surface area contributed by atoms with Gasteiger partial charge in [-0.3, -0.25) is 23.6 Å². The Morgan fingerprint density at radius 1 is 1.17 bits per heavy atom. The molecule has 0 atom stereocenters. The molecule has 3 rings (SSSR count). The van der Waals surface area contributed by atoms with Crippen molar-refractivity contribution < 1.29 is 19.1 Å². The minimum Gasteiger partial charge on any atom is -0.459 e. The zero-order valence-electron chi connectivity index (χ0n) is 16.4. The van der Waals surface area contributed by atoms with Crippen LogP contribution in [0.2, 0.25) is 0 Å². The van der Waals surface area contributed by atoms with Crippen molar-refractivity contribution in [3.8, 4) is 0 Å². The molecule has 0 aromatic carbocycles. The first-order valence-electron chi connectivity index (χ1n) is 9.40. The maximum atomic E-state index is 12.1. The van der Waals surface area contributed by atoms with E-state index in [4.69, 9.17) is 4.74 Å². The Labute approximate surface area is 176 Å². The van der Waals surface area contributed by atoms with Crippen molar-refractivity contribution >= 4 is 34.6 Å². The number of hydrogen-bond donors (Lipinski definition) is 1. The van der Waals surface area contributed by atoms with Gasteiger partial charge in [0.2, 0.25) is 5.91 Å². The molecule has 3 aromatic rings. The zero-order chi connectivity index (χ0) is 21.5. The van der Waals surface area contributed by atoms with Crippen molar-refractivity contribution in [3.63, 3.8) is 0 Å². The molecule has 156 valence electrons. The molecule has 0 unspecified atom stereocenters. The highest BCUT2D eigenvalue weighted by molar-refractivity contribution is 7.12. The van der Waals surface area contributed by atoms with Crippen molar-refractivity contribution in [3.05, 3.63) is 68.4 Å². The Morgan fingerprint density at radius 2 is 2.00 bits per heavy atom. The van der Waals surface area contributed by atoms with Gasteiger partial charge in [0.05, 0.1) is 17.0 Å². The lowest BCUT2D eigenvalue weighted by Gasteiger charge is -2.07.